The van der Waals surface area contributed by atoms with Crippen LogP contribution in [0.3, 0.4) is 0 Å². The maximum Gasteiger partial charge on any atom is 0.337 e. The summed E-state index contributed by atoms with van der Waals surface area (Å²) in [6, 6.07) is 7.60. The lowest BCUT2D eigenvalue weighted by atomic mass is 10.1. The summed E-state index contributed by atoms with van der Waals surface area (Å²) in [5.41, 5.74) is 0.370. The van der Waals surface area contributed by atoms with Gasteiger partial charge in [-0.15, -0.1) is 0 Å². The molecule has 0 spiro atoms. The number of para-hydroxylation sites is 1. The van der Waals surface area contributed by atoms with E-state index in [9.17, 15) is 14.7 Å². The second kappa shape index (κ2) is 7.89. The van der Waals surface area contributed by atoms with Gasteiger partial charge in [-0.25, -0.2) is 4.79 Å². The molecule has 132 valence electrons. The number of anilines is 1. The van der Waals surface area contributed by atoms with Crippen LogP contribution < -0.4 is 19.5 Å². The molecule has 2 aromatic rings. The Morgan fingerprint density at radius 1 is 1.00 bits per heavy atom. The van der Waals surface area contributed by atoms with Crippen molar-refractivity contribution in [3.63, 3.8) is 0 Å². The van der Waals surface area contributed by atoms with Gasteiger partial charge in [-0.2, -0.15) is 0 Å². The Balaban J connectivity index is 2.49. The molecule has 8 heteroatoms. The number of carbonyl (C=O) groups is 2. The SMILES string of the molecule is COc1cc(C(=O)Nc2ccccc2C(=O)O)c(Br)c(OC)c1OC. The zero-order valence-corrected chi connectivity index (χ0v) is 15.3. The summed E-state index contributed by atoms with van der Waals surface area (Å²) >= 11 is 3.32. The number of halogens is 1. The van der Waals surface area contributed by atoms with Crippen molar-refractivity contribution in [3.05, 3.63) is 45.9 Å². The first-order valence-corrected chi connectivity index (χ1v) is 7.86. The van der Waals surface area contributed by atoms with Gasteiger partial charge in [0.2, 0.25) is 5.75 Å². The summed E-state index contributed by atoms with van der Waals surface area (Å²) in [6.45, 7) is 0. The average Bonchev–Trinajstić information content (AvgIpc) is 2.61. The summed E-state index contributed by atoms with van der Waals surface area (Å²) in [6.07, 6.45) is 0. The fourth-order valence-corrected chi connectivity index (χ4v) is 2.89. The predicted octanol–water partition coefficient (Wildman–Crippen LogP) is 3.43. The third-order valence-corrected chi connectivity index (χ3v) is 4.21. The highest BCUT2D eigenvalue weighted by Crippen LogP contribution is 2.44. The summed E-state index contributed by atoms with van der Waals surface area (Å²) in [5.74, 6) is -0.739. The minimum Gasteiger partial charge on any atom is -0.493 e. The fraction of sp³-hybridized carbons (Fsp3) is 0.176. The zero-order valence-electron chi connectivity index (χ0n) is 13.8. The molecule has 0 saturated heterocycles. The second-order valence-corrected chi connectivity index (χ2v) is 5.60. The van der Waals surface area contributed by atoms with E-state index in [2.05, 4.69) is 21.2 Å². The van der Waals surface area contributed by atoms with E-state index in [0.29, 0.717) is 21.7 Å². The third-order valence-electron chi connectivity index (χ3n) is 3.42. The maximum absolute atomic E-state index is 12.7. The van der Waals surface area contributed by atoms with Crippen molar-refractivity contribution in [1.82, 2.24) is 0 Å². The van der Waals surface area contributed by atoms with E-state index >= 15 is 0 Å². The highest BCUT2D eigenvalue weighted by molar-refractivity contribution is 9.10. The third kappa shape index (κ3) is 3.69. The lowest BCUT2D eigenvalue weighted by Crippen LogP contribution is -2.16. The molecule has 0 radical (unpaired) electrons. The van der Waals surface area contributed by atoms with Crippen molar-refractivity contribution < 1.29 is 28.9 Å². The van der Waals surface area contributed by atoms with E-state index < -0.39 is 11.9 Å². The number of methoxy groups -OCH3 is 3. The van der Waals surface area contributed by atoms with Crippen molar-refractivity contribution >= 4 is 33.5 Å². The highest BCUT2D eigenvalue weighted by atomic mass is 79.9. The van der Waals surface area contributed by atoms with Crippen molar-refractivity contribution in [2.75, 3.05) is 26.6 Å². The van der Waals surface area contributed by atoms with E-state index in [1.165, 1.54) is 39.5 Å². The number of carboxylic acid groups (broad SMARTS) is 1. The van der Waals surface area contributed by atoms with Crippen LogP contribution in [0.2, 0.25) is 0 Å². The van der Waals surface area contributed by atoms with Crippen LogP contribution in [0.15, 0.2) is 34.8 Å². The predicted molar refractivity (Wildman–Crippen MR) is 95.2 cm³/mol. The number of carboxylic acids is 1. The number of amides is 1. The van der Waals surface area contributed by atoms with Crippen molar-refractivity contribution in [2.24, 2.45) is 0 Å². The molecule has 0 aliphatic rings. The van der Waals surface area contributed by atoms with Crippen molar-refractivity contribution in [2.45, 2.75) is 0 Å². The molecular weight excluding hydrogens is 394 g/mol. The maximum atomic E-state index is 12.7. The van der Waals surface area contributed by atoms with Crippen LogP contribution in [-0.4, -0.2) is 38.3 Å². The molecule has 0 bridgehead atoms. The molecule has 2 rings (SSSR count). The molecule has 2 aromatic carbocycles. The lowest BCUT2D eigenvalue weighted by Gasteiger charge is -2.17. The van der Waals surface area contributed by atoms with Crippen LogP contribution >= 0.6 is 15.9 Å². The Kier molecular flexibility index (Phi) is 5.87. The number of aromatic carboxylic acids is 1. The minimum absolute atomic E-state index is 0.0144. The number of hydrogen-bond acceptors (Lipinski definition) is 5. The molecule has 1 amide bonds. The molecule has 25 heavy (non-hydrogen) atoms. The summed E-state index contributed by atoms with van der Waals surface area (Å²) < 4.78 is 16.1. The summed E-state index contributed by atoms with van der Waals surface area (Å²) in [7, 11) is 4.33. The number of hydrogen-bond donors (Lipinski definition) is 2. The molecule has 0 aliphatic heterocycles. The first-order valence-electron chi connectivity index (χ1n) is 7.06. The van der Waals surface area contributed by atoms with Gasteiger partial charge in [-0.3, -0.25) is 4.79 Å². The smallest absolute Gasteiger partial charge is 0.337 e. The van der Waals surface area contributed by atoms with Crippen LogP contribution in [0.1, 0.15) is 20.7 Å². The first-order chi connectivity index (χ1) is 11.9. The van der Waals surface area contributed by atoms with E-state index in [4.69, 9.17) is 14.2 Å². The Morgan fingerprint density at radius 3 is 2.20 bits per heavy atom. The Bertz CT molecular complexity index is 821. The highest BCUT2D eigenvalue weighted by Gasteiger charge is 2.23. The molecule has 2 N–H and O–H groups in total. The summed E-state index contributed by atoms with van der Waals surface area (Å²) in [4.78, 5) is 23.9. The normalized spacial score (nSPS) is 10.1. The molecule has 0 aromatic heterocycles. The quantitative estimate of drug-likeness (QED) is 0.758. The molecule has 0 saturated carbocycles. The summed E-state index contributed by atoms with van der Waals surface area (Å²) in [5, 5.41) is 11.8. The van der Waals surface area contributed by atoms with Gasteiger partial charge in [0, 0.05) is 0 Å². The van der Waals surface area contributed by atoms with Gasteiger partial charge in [0.05, 0.1) is 42.6 Å². The molecule has 0 aliphatic carbocycles. The van der Waals surface area contributed by atoms with E-state index in [1.807, 2.05) is 0 Å². The van der Waals surface area contributed by atoms with Crippen LogP contribution in [0.5, 0.6) is 17.2 Å². The minimum atomic E-state index is -1.14. The second-order valence-electron chi connectivity index (χ2n) is 4.81. The van der Waals surface area contributed by atoms with Gasteiger partial charge in [0.15, 0.2) is 11.5 Å². The average molecular weight is 410 g/mol. The van der Waals surface area contributed by atoms with Gasteiger partial charge in [0.1, 0.15) is 0 Å². The largest absolute Gasteiger partial charge is 0.493 e. The van der Waals surface area contributed by atoms with Gasteiger partial charge < -0.3 is 24.6 Å². The standard InChI is InChI=1S/C17H16BrNO6/c1-23-12-8-10(13(18)15(25-3)14(12)24-2)16(20)19-11-7-5-4-6-9(11)17(21)22/h4-8H,1-3H3,(H,19,20)(H,21,22). The molecule has 7 nitrogen and oxygen atoms in total. The van der Waals surface area contributed by atoms with E-state index in [1.54, 1.807) is 12.1 Å². The fourth-order valence-electron chi connectivity index (χ4n) is 2.25. The van der Waals surface area contributed by atoms with Crippen molar-refractivity contribution in [1.29, 1.82) is 0 Å². The monoisotopic (exact) mass is 409 g/mol. The molecular formula is C17H16BrNO6. The van der Waals surface area contributed by atoms with Gasteiger partial charge in [-0.1, -0.05) is 12.1 Å². The van der Waals surface area contributed by atoms with Crippen LogP contribution in [0, 0.1) is 0 Å². The van der Waals surface area contributed by atoms with Gasteiger partial charge in [0.25, 0.3) is 5.91 Å². The number of benzene rings is 2. The Labute approximate surface area is 152 Å². The molecule has 0 heterocycles. The number of rotatable bonds is 6. The van der Waals surface area contributed by atoms with Crippen LogP contribution in [0.25, 0.3) is 0 Å². The molecule has 0 fully saturated rings. The lowest BCUT2D eigenvalue weighted by molar-refractivity contribution is 0.0698. The first kappa shape index (κ1) is 18.6. The van der Waals surface area contributed by atoms with Gasteiger partial charge in [-0.05, 0) is 34.1 Å². The van der Waals surface area contributed by atoms with Gasteiger partial charge >= 0.3 is 5.97 Å². The van der Waals surface area contributed by atoms with Crippen LogP contribution in [-0.2, 0) is 0 Å². The number of carbonyl (C=O) groups excluding carboxylic acids is 1. The molecule has 0 unspecified atom stereocenters. The topological polar surface area (TPSA) is 94.1 Å². The molecule has 0 atom stereocenters. The van der Waals surface area contributed by atoms with E-state index in [0.717, 1.165) is 0 Å². The Hall–Kier alpha value is -2.74. The number of nitrogens with one attached hydrogen (secondary N) is 1. The van der Waals surface area contributed by atoms with E-state index in [-0.39, 0.29) is 16.8 Å². The Morgan fingerprint density at radius 2 is 1.64 bits per heavy atom. The number of ether oxygens (including phenoxy) is 3. The zero-order chi connectivity index (χ0) is 18.6. The van der Waals surface area contributed by atoms with Crippen molar-refractivity contribution in [3.8, 4) is 17.2 Å². The van der Waals surface area contributed by atoms with Crippen LogP contribution in [0.4, 0.5) is 5.69 Å².